The van der Waals surface area contributed by atoms with Gasteiger partial charge >= 0.3 is 5.97 Å². The average molecular weight is 340 g/mol. The third kappa shape index (κ3) is 3.63. The molecule has 0 aliphatic carbocycles. The van der Waals surface area contributed by atoms with Gasteiger partial charge in [0.15, 0.2) is 0 Å². The average Bonchev–Trinajstić information content (AvgIpc) is 2.95. The van der Waals surface area contributed by atoms with E-state index in [1.807, 2.05) is 42.5 Å². The normalized spacial score (nSPS) is 18.4. The van der Waals surface area contributed by atoms with Gasteiger partial charge in [-0.2, -0.15) is 0 Å². The van der Waals surface area contributed by atoms with Gasteiger partial charge in [-0.05, 0) is 18.4 Å². The highest BCUT2D eigenvalue weighted by atomic mass is 16.4. The summed E-state index contributed by atoms with van der Waals surface area (Å²) in [5, 5.41) is 13.5. The van der Waals surface area contributed by atoms with E-state index < -0.39 is 17.9 Å². The van der Waals surface area contributed by atoms with Crippen LogP contribution in [0, 0.1) is 5.92 Å². The third-order valence-electron chi connectivity index (χ3n) is 4.42. The number of fused-ring (bicyclic) bond motifs is 1. The van der Waals surface area contributed by atoms with Crippen LogP contribution in [0.3, 0.4) is 0 Å². The highest BCUT2D eigenvalue weighted by molar-refractivity contribution is 6.07. The molecule has 0 spiro atoms. The van der Waals surface area contributed by atoms with Crippen LogP contribution in [0.4, 0.5) is 5.69 Å². The van der Waals surface area contributed by atoms with Crippen LogP contribution in [0.1, 0.15) is 19.8 Å². The fourth-order valence-corrected chi connectivity index (χ4v) is 3.23. The van der Waals surface area contributed by atoms with Gasteiger partial charge in [0, 0.05) is 24.4 Å². The summed E-state index contributed by atoms with van der Waals surface area (Å²) in [6.45, 7) is 1.95. The molecule has 1 aliphatic heterocycles. The SMILES string of the molecule is CC(CC(=O)O)NC(=O)C1CC(=O)N(c2cccc3ccccc23)C1. The van der Waals surface area contributed by atoms with Gasteiger partial charge in [0.1, 0.15) is 0 Å². The molecular formula is C19H20N2O4. The quantitative estimate of drug-likeness (QED) is 0.873. The minimum absolute atomic E-state index is 0.0950. The number of carbonyl (C=O) groups excluding carboxylic acids is 2. The smallest absolute Gasteiger partial charge is 0.305 e. The Hall–Kier alpha value is -2.89. The number of carbonyl (C=O) groups is 3. The predicted octanol–water partition coefficient (Wildman–Crippen LogP) is 2.17. The molecule has 0 saturated carbocycles. The Balaban J connectivity index is 1.76. The van der Waals surface area contributed by atoms with Crippen LogP contribution in [0.25, 0.3) is 10.8 Å². The van der Waals surface area contributed by atoms with Crippen molar-refractivity contribution in [1.29, 1.82) is 0 Å². The molecule has 1 heterocycles. The molecule has 6 heteroatoms. The largest absolute Gasteiger partial charge is 0.481 e. The molecule has 2 aromatic carbocycles. The van der Waals surface area contributed by atoms with Gasteiger partial charge in [-0.3, -0.25) is 14.4 Å². The lowest BCUT2D eigenvalue weighted by molar-refractivity contribution is -0.137. The molecule has 2 unspecified atom stereocenters. The number of carboxylic acids is 1. The fourth-order valence-electron chi connectivity index (χ4n) is 3.23. The lowest BCUT2D eigenvalue weighted by Crippen LogP contribution is -2.39. The van der Waals surface area contributed by atoms with E-state index in [0.29, 0.717) is 6.54 Å². The minimum Gasteiger partial charge on any atom is -0.481 e. The van der Waals surface area contributed by atoms with Crippen LogP contribution in [0.5, 0.6) is 0 Å². The van der Waals surface area contributed by atoms with Crippen molar-refractivity contribution in [3.8, 4) is 0 Å². The number of aliphatic carboxylic acids is 1. The number of nitrogens with zero attached hydrogens (tertiary/aromatic N) is 1. The van der Waals surface area contributed by atoms with Crippen molar-refractivity contribution in [3.05, 3.63) is 42.5 Å². The Bertz CT molecular complexity index is 828. The van der Waals surface area contributed by atoms with Crippen LogP contribution >= 0.6 is 0 Å². The third-order valence-corrected chi connectivity index (χ3v) is 4.42. The summed E-state index contributed by atoms with van der Waals surface area (Å²) in [6.07, 6.45) is -0.00567. The monoisotopic (exact) mass is 340 g/mol. The topological polar surface area (TPSA) is 86.7 Å². The Morgan fingerprint density at radius 1 is 1.24 bits per heavy atom. The van der Waals surface area contributed by atoms with Crippen molar-refractivity contribution in [2.45, 2.75) is 25.8 Å². The molecule has 2 N–H and O–H groups in total. The first-order valence-electron chi connectivity index (χ1n) is 8.26. The molecule has 6 nitrogen and oxygen atoms in total. The molecule has 2 atom stereocenters. The summed E-state index contributed by atoms with van der Waals surface area (Å²) >= 11 is 0. The van der Waals surface area contributed by atoms with Crippen molar-refractivity contribution < 1.29 is 19.5 Å². The van der Waals surface area contributed by atoms with Crippen LogP contribution < -0.4 is 10.2 Å². The number of hydrogen-bond acceptors (Lipinski definition) is 3. The first-order chi connectivity index (χ1) is 12.0. The Kier molecular flexibility index (Phi) is 4.70. The van der Waals surface area contributed by atoms with Crippen molar-refractivity contribution >= 4 is 34.2 Å². The maximum atomic E-state index is 12.4. The van der Waals surface area contributed by atoms with Gasteiger partial charge < -0.3 is 15.3 Å². The Morgan fingerprint density at radius 2 is 1.96 bits per heavy atom. The molecule has 0 bridgehead atoms. The molecule has 0 aromatic heterocycles. The molecule has 1 aliphatic rings. The molecule has 3 rings (SSSR count). The minimum atomic E-state index is -0.965. The summed E-state index contributed by atoms with van der Waals surface area (Å²) in [5.41, 5.74) is 0.803. The van der Waals surface area contributed by atoms with Crippen molar-refractivity contribution in [2.24, 2.45) is 5.92 Å². The second-order valence-electron chi connectivity index (χ2n) is 6.41. The lowest BCUT2D eigenvalue weighted by atomic mass is 10.1. The molecule has 130 valence electrons. The van der Waals surface area contributed by atoms with Crippen LogP contribution in [-0.4, -0.2) is 35.5 Å². The van der Waals surface area contributed by atoms with Crippen LogP contribution in [0.15, 0.2) is 42.5 Å². The summed E-state index contributed by atoms with van der Waals surface area (Å²) in [6, 6.07) is 13.1. The zero-order valence-electron chi connectivity index (χ0n) is 13.9. The van der Waals surface area contributed by atoms with E-state index in [0.717, 1.165) is 16.5 Å². The molecular weight excluding hydrogens is 320 g/mol. The number of nitrogens with one attached hydrogen (secondary N) is 1. The van der Waals surface area contributed by atoms with Crippen LogP contribution in [-0.2, 0) is 14.4 Å². The van der Waals surface area contributed by atoms with Gasteiger partial charge in [0.2, 0.25) is 11.8 Å². The first-order valence-corrected chi connectivity index (χ1v) is 8.26. The van der Waals surface area contributed by atoms with Crippen LogP contribution in [0.2, 0.25) is 0 Å². The molecule has 2 amide bonds. The van der Waals surface area contributed by atoms with E-state index in [-0.39, 0.29) is 24.7 Å². The van der Waals surface area contributed by atoms with Crippen molar-refractivity contribution in [3.63, 3.8) is 0 Å². The second-order valence-corrected chi connectivity index (χ2v) is 6.41. The van der Waals surface area contributed by atoms with Gasteiger partial charge in [0.25, 0.3) is 0 Å². The Labute approximate surface area is 145 Å². The van der Waals surface area contributed by atoms with Gasteiger partial charge in [-0.15, -0.1) is 0 Å². The molecule has 0 radical (unpaired) electrons. The number of amides is 2. The summed E-state index contributed by atoms with van der Waals surface area (Å²) in [5.74, 6) is -1.80. The number of carboxylic acid groups (broad SMARTS) is 1. The molecule has 1 fully saturated rings. The van der Waals surface area contributed by atoms with Gasteiger partial charge in [0.05, 0.1) is 18.0 Å². The standard InChI is InChI=1S/C19H20N2O4/c1-12(9-18(23)24)20-19(25)14-10-17(22)21(11-14)16-8-4-6-13-5-2-3-7-15(13)16/h2-8,12,14H,9-11H2,1H3,(H,20,25)(H,23,24). The summed E-state index contributed by atoms with van der Waals surface area (Å²) in [4.78, 5) is 37.1. The van der Waals surface area contributed by atoms with E-state index in [1.165, 1.54) is 0 Å². The van der Waals surface area contributed by atoms with Gasteiger partial charge in [-0.1, -0.05) is 36.4 Å². The highest BCUT2D eigenvalue weighted by Crippen LogP contribution is 2.31. The zero-order chi connectivity index (χ0) is 18.0. The lowest BCUT2D eigenvalue weighted by Gasteiger charge is -2.19. The van der Waals surface area contributed by atoms with E-state index in [4.69, 9.17) is 5.11 Å². The summed E-state index contributed by atoms with van der Waals surface area (Å²) < 4.78 is 0. The van der Waals surface area contributed by atoms with E-state index in [1.54, 1.807) is 11.8 Å². The van der Waals surface area contributed by atoms with Crippen molar-refractivity contribution in [1.82, 2.24) is 5.32 Å². The van der Waals surface area contributed by atoms with Crippen molar-refractivity contribution in [2.75, 3.05) is 11.4 Å². The maximum absolute atomic E-state index is 12.4. The predicted molar refractivity (Wildman–Crippen MR) is 94.3 cm³/mol. The zero-order valence-corrected chi connectivity index (χ0v) is 13.9. The fraction of sp³-hybridized carbons (Fsp3) is 0.316. The molecule has 25 heavy (non-hydrogen) atoms. The maximum Gasteiger partial charge on any atom is 0.305 e. The number of hydrogen-bond donors (Lipinski definition) is 2. The van der Waals surface area contributed by atoms with E-state index in [9.17, 15) is 14.4 Å². The number of rotatable bonds is 5. The Morgan fingerprint density at radius 3 is 2.72 bits per heavy atom. The van der Waals surface area contributed by atoms with E-state index in [2.05, 4.69) is 5.32 Å². The second kappa shape index (κ2) is 6.93. The van der Waals surface area contributed by atoms with E-state index >= 15 is 0 Å². The summed E-state index contributed by atoms with van der Waals surface area (Å²) in [7, 11) is 0. The molecule has 2 aromatic rings. The molecule has 1 saturated heterocycles. The highest BCUT2D eigenvalue weighted by Gasteiger charge is 2.36. The number of benzene rings is 2. The van der Waals surface area contributed by atoms with Gasteiger partial charge in [-0.25, -0.2) is 0 Å². The number of anilines is 1. The first kappa shape index (κ1) is 17.0.